The van der Waals surface area contributed by atoms with Gasteiger partial charge in [-0.15, -0.1) is 0 Å². The molecule has 0 aliphatic rings. The predicted molar refractivity (Wildman–Crippen MR) is 124 cm³/mol. The van der Waals surface area contributed by atoms with Crippen molar-refractivity contribution in [3.63, 3.8) is 0 Å². The van der Waals surface area contributed by atoms with Gasteiger partial charge in [-0.05, 0) is 31.2 Å². The number of aromatic nitrogens is 3. The summed E-state index contributed by atoms with van der Waals surface area (Å²) in [6.07, 6.45) is 1.62. The average molecular weight is 428 g/mol. The number of fused-ring (bicyclic) bond motifs is 1. The summed E-state index contributed by atoms with van der Waals surface area (Å²) in [5.74, 6) is -0.845. The largest absolute Gasteiger partial charge is 0.378 e. The van der Waals surface area contributed by atoms with E-state index in [9.17, 15) is 9.59 Å². The Balaban J connectivity index is 1.62. The summed E-state index contributed by atoms with van der Waals surface area (Å²) < 4.78 is 1.74. The van der Waals surface area contributed by atoms with Gasteiger partial charge in [-0.1, -0.05) is 36.4 Å². The Bertz CT molecular complexity index is 1280. The van der Waals surface area contributed by atoms with Gasteiger partial charge in [-0.25, -0.2) is 9.67 Å². The van der Waals surface area contributed by atoms with Crippen LogP contribution in [0.15, 0.2) is 66.9 Å². The van der Waals surface area contributed by atoms with Gasteiger partial charge in [0.1, 0.15) is 0 Å². The van der Waals surface area contributed by atoms with Crippen LogP contribution in [0.25, 0.3) is 22.3 Å². The molecule has 0 fully saturated rings. The number of hydrogen-bond acceptors (Lipinski definition) is 5. The Labute approximate surface area is 185 Å². The Kier molecular flexibility index (Phi) is 5.85. The average Bonchev–Trinajstić information content (AvgIpc) is 3.25. The Morgan fingerprint density at radius 3 is 2.44 bits per heavy atom. The van der Waals surface area contributed by atoms with Crippen LogP contribution >= 0.6 is 0 Å². The molecular weight excluding hydrogens is 404 g/mol. The van der Waals surface area contributed by atoms with Gasteiger partial charge in [0.2, 0.25) is 0 Å². The first-order valence-corrected chi connectivity index (χ1v) is 10.3. The van der Waals surface area contributed by atoms with Crippen molar-refractivity contribution in [2.24, 2.45) is 0 Å². The van der Waals surface area contributed by atoms with Crippen LogP contribution in [-0.2, 0) is 6.54 Å². The van der Waals surface area contributed by atoms with Gasteiger partial charge in [0, 0.05) is 37.5 Å². The van der Waals surface area contributed by atoms with E-state index in [0.717, 1.165) is 11.3 Å². The van der Waals surface area contributed by atoms with Gasteiger partial charge >= 0.3 is 0 Å². The first kappa shape index (κ1) is 21.0. The van der Waals surface area contributed by atoms with Crippen molar-refractivity contribution < 1.29 is 9.59 Å². The fourth-order valence-electron chi connectivity index (χ4n) is 3.40. The van der Waals surface area contributed by atoms with Crippen LogP contribution in [0.1, 0.15) is 27.6 Å². The lowest BCUT2D eigenvalue weighted by Gasteiger charge is -2.14. The molecule has 0 aliphatic carbocycles. The third-order valence-electron chi connectivity index (χ3n) is 5.14. The lowest BCUT2D eigenvalue weighted by molar-refractivity contribution is 0.0847. The second-order valence-electron chi connectivity index (χ2n) is 7.47. The molecule has 0 aliphatic heterocycles. The van der Waals surface area contributed by atoms with Crippen molar-refractivity contribution in [2.45, 2.75) is 13.5 Å². The summed E-state index contributed by atoms with van der Waals surface area (Å²) in [7, 11) is 3.79. The van der Waals surface area contributed by atoms with E-state index in [2.05, 4.69) is 16.0 Å². The molecule has 2 heterocycles. The zero-order chi connectivity index (χ0) is 22.7. The van der Waals surface area contributed by atoms with Gasteiger partial charge < -0.3 is 4.90 Å². The summed E-state index contributed by atoms with van der Waals surface area (Å²) in [5, 5.41) is 4.96. The SMILES string of the molecule is CCn1ncc2c(C(=O)NNC(=O)c3cccc(N(C)C)c3)cc(-c3ccccc3)nc21. The van der Waals surface area contributed by atoms with Crippen molar-refractivity contribution in [1.82, 2.24) is 25.6 Å². The van der Waals surface area contributed by atoms with Gasteiger partial charge in [0.25, 0.3) is 11.8 Å². The molecule has 0 bridgehead atoms. The third kappa shape index (κ3) is 4.15. The highest BCUT2D eigenvalue weighted by molar-refractivity contribution is 6.07. The fraction of sp³-hybridized carbons (Fsp3) is 0.167. The van der Waals surface area contributed by atoms with Crippen LogP contribution in [-0.4, -0.2) is 40.7 Å². The number of pyridine rings is 1. The molecule has 4 rings (SSSR count). The molecule has 4 aromatic rings. The van der Waals surface area contributed by atoms with E-state index >= 15 is 0 Å². The molecule has 32 heavy (non-hydrogen) atoms. The van der Waals surface area contributed by atoms with Crippen molar-refractivity contribution in [3.8, 4) is 11.3 Å². The van der Waals surface area contributed by atoms with Crippen LogP contribution in [0.4, 0.5) is 5.69 Å². The molecular formula is C24H24N6O2. The lowest BCUT2D eigenvalue weighted by atomic mass is 10.1. The first-order chi connectivity index (χ1) is 15.5. The van der Waals surface area contributed by atoms with Crippen LogP contribution in [0, 0.1) is 0 Å². The minimum atomic E-state index is -0.442. The van der Waals surface area contributed by atoms with E-state index in [0.29, 0.717) is 34.4 Å². The molecule has 0 radical (unpaired) electrons. The molecule has 0 saturated heterocycles. The van der Waals surface area contributed by atoms with Crippen molar-refractivity contribution in [1.29, 1.82) is 0 Å². The molecule has 8 heteroatoms. The van der Waals surface area contributed by atoms with E-state index in [-0.39, 0.29) is 0 Å². The normalized spacial score (nSPS) is 10.7. The zero-order valence-corrected chi connectivity index (χ0v) is 18.2. The number of carbonyl (C=O) groups is 2. The van der Waals surface area contributed by atoms with Crippen LogP contribution in [0.2, 0.25) is 0 Å². The maximum absolute atomic E-state index is 13.1. The number of benzene rings is 2. The molecule has 2 amide bonds. The van der Waals surface area contributed by atoms with Crippen LogP contribution < -0.4 is 15.8 Å². The summed E-state index contributed by atoms with van der Waals surface area (Å²) >= 11 is 0. The van der Waals surface area contributed by atoms with E-state index in [4.69, 9.17) is 4.98 Å². The zero-order valence-electron chi connectivity index (χ0n) is 18.2. The van der Waals surface area contributed by atoms with Gasteiger partial charge in [-0.3, -0.25) is 20.4 Å². The van der Waals surface area contributed by atoms with Crippen LogP contribution in [0.3, 0.4) is 0 Å². The van der Waals surface area contributed by atoms with E-state index in [1.54, 1.807) is 35.1 Å². The number of hydrazine groups is 1. The number of nitrogens with zero attached hydrogens (tertiary/aromatic N) is 4. The predicted octanol–water partition coefficient (Wildman–Crippen LogP) is 3.26. The molecule has 162 valence electrons. The summed E-state index contributed by atoms with van der Waals surface area (Å²) in [6.45, 7) is 2.58. The van der Waals surface area contributed by atoms with Crippen molar-refractivity contribution >= 4 is 28.5 Å². The molecule has 0 atom stereocenters. The topological polar surface area (TPSA) is 92.2 Å². The number of anilines is 1. The Morgan fingerprint density at radius 1 is 0.969 bits per heavy atom. The number of hydrogen-bond donors (Lipinski definition) is 2. The summed E-state index contributed by atoms with van der Waals surface area (Å²) in [4.78, 5) is 32.3. The number of rotatable bonds is 5. The van der Waals surface area contributed by atoms with E-state index < -0.39 is 11.8 Å². The second kappa shape index (κ2) is 8.89. The summed E-state index contributed by atoms with van der Waals surface area (Å²) in [5.41, 5.74) is 8.91. The Morgan fingerprint density at radius 2 is 1.72 bits per heavy atom. The van der Waals surface area contributed by atoms with Gasteiger partial charge in [0.15, 0.2) is 5.65 Å². The minimum Gasteiger partial charge on any atom is -0.378 e. The standard InChI is InChI=1S/C24H24N6O2/c1-4-30-22-20(15-25-30)19(14-21(26-22)16-9-6-5-7-10-16)24(32)28-27-23(31)17-11-8-12-18(13-17)29(2)3/h5-15H,4H2,1-3H3,(H,27,31)(H,28,32). The molecule has 0 unspecified atom stereocenters. The van der Waals surface area contributed by atoms with E-state index in [1.807, 2.05) is 62.3 Å². The first-order valence-electron chi connectivity index (χ1n) is 10.3. The molecule has 2 aromatic heterocycles. The number of nitrogens with one attached hydrogen (secondary N) is 2. The lowest BCUT2D eigenvalue weighted by Crippen LogP contribution is -2.41. The van der Waals surface area contributed by atoms with E-state index in [1.165, 1.54) is 0 Å². The minimum absolute atomic E-state index is 0.385. The highest BCUT2D eigenvalue weighted by Crippen LogP contribution is 2.25. The second-order valence-corrected chi connectivity index (χ2v) is 7.47. The highest BCUT2D eigenvalue weighted by atomic mass is 16.2. The van der Waals surface area contributed by atoms with Crippen molar-refractivity contribution in [3.05, 3.63) is 78.0 Å². The molecule has 0 spiro atoms. The number of aryl methyl sites for hydroxylation is 1. The maximum Gasteiger partial charge on any atom is 0.270 e. The Hall–Kier alpha value is -4.20. The molecule has 2 aromatic carbocycles. The molecule has 8 nitrogen and oxygen atoms in total. The van der Waals surface area contributed by atoms with Gasteiger partial charge in [0.05, 0.1) is 22.8 Å². The van der Waals surface area contributed by atoms with Gasteiger partial charge in [-0.2, -0.15) is 5.10 Å². The molecule has 0 saturated carbocycles. The quantitative estimate of drug-likeness (QED) is 0.476. The molecule has 2 N–H and O–H groups in total. The van der Waals surface area contributed by atoms with Crippen LogP contribution in [0.5, 0.6) is 0 Å². The monoisotopic (exact) mass is 428 g/mol. The number of amides is 2. The highest BCUT2D eigenvalue weighted by Gasteiger charge is 2.18. The maximum atomic E-state index is 13.1. The number of carbonyl (C=O) groups excluding carboxylic acids is 2. The summed E-state index contributed by atoms with van der Waals surface area (Å²) in [6, 6.07) is 18.5. The smallest absolute Gasteiger partial charge is 0.270 e. The van der Waals surface area contributed by atoms with Crippen molar-refractivity contribution in [2.75, 3.05) is 19.0 Å². The fourth-order valence-corrected chi connectivity index (χ4v) is 3.40. The third-order valence-corrected chi connectivity index (χ3v) is 5.14.